The SMILES string of the molecule is CCNc1nc(SCCOC)c2[nH]cnc2n1. The number of hydrogen-bond donors (Lipinski definition) is 2. The van der Waals surface area contributed by atoms with Gasteiger partial charge in [-0.3, -0.25) is 0 Å². The maximum Gasteiger partial charge on any atom is 0.225 e. The molecule has 7 heteroatoms. The predicted molar refractivity (Wildman–Crippen MR) is 68.4 cm³/mol. The van der Waals surface area contributed by atoms with E-state index in [1.807, 2.05) is 6.92 Å². The second kappa shape index (κ2) is 5.83. The molecule has 0 radical (unpaired) electrons. The first-order valence-corrected chi connectivity index (χ1v) is 6.40. The van der Waals surface area contributed by atoms with Crippen molar-refractivity contribution < 1.29 is 4.74 Å². The number of hydrogen-bond acceptors (Lipinski definition) is 6. The summed E-state index contributed by atoms with van der Waals surface area (Å²) in [6.45, 7) is 3.49. The molecule has 0 aliphatic rings. The Morgan fingerprint density at radius 2 is 2.35 bits per heavy atom. The van der Waals surface area contributed by atoms with E-state index in [1.54, 1.807) is 25.2 Å². The van der Waals surface area contributed by atoms with E-state index in [4.69, 9.17) is 4.74 Å². The lowest BCUT2D eigenvalue weighted by Gasteiger charge is -2.05. The van der Waals surface area contributed by atoms with E-state index < -0.39 is 0 Å². The van der Waals surface area contributed by atoms with Crippen molar-refractivity contribution in [3.8, 4) is 0 Å². The highest BCUT2D eigenvalue weighted by Gasteiger charge is 2.09. The number of nitrogens with zero attached hydrogens (tertiary/aromatic N) is 3. The Balaban J connectivity index is 2.26. The molecule has 0 bridgehead atoms. The number of rotatable bonds is 6. The molecule has 0 fully saturated rings. The minimum absolute atomic E-state index is 0.618. The van der Waals surface area contributed by atoms with Gasteiger partial charge in [0.25, 0.3) is 0 Å². The van der Waals surface area contributed by atoms with Crippen molar-refractivity contribution in [1.29, 1.82) is 0 Å². The topological polar surface area (TPSA) is 75.7 Å². The van der Waals surface area contributed by atoms with Gasteiger partial charge in [0.05, 0.1) is 12.9 Å². The summed E-state index contributed by atoms with van der Waals surface area (Å²) in [4.78, 5) is 16.0. The van der Waals surface area contributed by atoms with Crippen LogP contribution in [0.3, 0.4) is 0 Å². The molecule has 0 atom stereocenters. The second-order valence-corrected chi connectivity index (χ2v) is 4.41. The number of fused-ring (bicyclic) bond motifs is 1. The number of nitrogens with one attached hydrogen (secondary N) is 2. The van der Waals surface area contributed by atoms with E-state index in [9.17, 15) is 0 Å². The average molecular weight is 253 g/mol. The van der Waals surface area contributed by atoms with Gasteiger partial charge in [0.1, 0.15) is 10.5 Å². The molecule has 0 spiro atoms. The molecule has 2 aromatic rings. The molecule has 6 nitrogen and oxygen atoms in total. The standard InChI is InChI=1S/C10H15N5OS/c1-3-11-10-14-8-7(12-6-13-8)9(15-10)17-5-4-16-2/h6H,3-5H2,1-2H3,(H2,11,12,13,14,15). The van der Waals surface area contributed by atoms with Crippen LogP contribution in [0.15, 0.2) is 11.4 Å². The van der Waals surface area contributed by atoms with Gasteiger partial charge in [-0.05, 0) is 6.92 Å². The van der Waals surface area contributed by atoms with Crippen LogP contribution < -0.4 is 5.32 Å². The highest BCUT2D eigenvalue weighted by atomic mass is 32.2. The first-order valence-electron chi connectivity index (χ1n) is 5.42. The number of aromatic amines is 1. The van der Waals surface area contributed by atoms with E-state index in [-0.39, 0.29) is 0 Å². The third-order valence-corrected chi connectivity index (χ3v) is 3.05. The zero-order valence-electron chi connectivity index (χ0n) is 9.86. The Hall–Kier alpha value is -1.34. The predicted octanol–water partition coefficient (Wildman–Crippen LogP) is 1.52. The maximum atomic E-state index is 5.03. The van der Waals surface area contributed by atoms with Crippen LogP contribution in [0, 0.1) is 0 Å². The van der Waals surface area contributed by atoms with Crippen molar-refractivity contribution in [1.82, 2.24) is 19.9 Å². The molecule has 0 saturated heterocycles. The van der Waals surface area contributed by atoms with Crippen molar-refractivity contribution in [2.45, 2.75) is 11.9 Å². The molecule has 0 unspecified atom stereocenters. The van der Waals surface area contributed by atoms with Crippen LogP contribution in [-0.2, 0) is 4.74 Å². The van der Waals surface area contributed by atoms with Gasteiger partial charge in [-0.1, -0.05) is 0 Å². The molecule has 2 rings (SSSR count). The summed E-state index contributed by atoms with van der Waals surface area (Å²) in [6.07, 6.45) is 1.63. The minimum atomic E-state index is 0.618. The maximum absolute atomic E-state index is 5.03. The van der Waals surface area contributed by atoms with Gasteiger partial charge < -0.3 is 15.0 Å². The lowest BCUT2D eigenvalue weighted by atomic mass is 10.5. The van der Waals surface area contributed by atoms with Gasteiger partial charge >= 0.3 is 0 Å². The highest BCUT2D eigenvalue weighted by Crippen LogP contribution is 2.23. The van der Waals surface area contributed by atoms with Crippen LogP contribution in [0.25, 0.3) is 11.2 Å². The van der Waals surface area contributed by atoms with Crippen LogP contribution in [0.4, 0.5) is 5.95 Å². The number of thioether (sulfide) groups is 1. The molecule has 0 amide bonds. The van der Waals surface area contributed by atoms with Crippen molar-refractivity contribution in [3.05, 3.63) is 6.33 Å². The smallest absolute Gasteiger partial charge is 0.225 e. The number of H-pyrrole nitrogens is 1. The molecular weight excluding hydrogens is 238 g/mol. The second-order valence-electron chi connectivity index (χ2n) is 3.33. The zero-order valence-corrected chi connectivity index (χ0v) is 10.7. The third kappa shape index (κ3) is 2.86. The number of ether oxygens (including phenoxy) is 1. The first-order chi connectivity index (χ1) is 8.35. The minimum Gasteiger partial charge on any atom is -0.384 e. The average Bonchev–Trinajstić information content (AvgIpc) is 2.78. The molecule has 2 N–H and O–H groups in total. The lowest BCUT2D eigenvalue weighted by Crippen LogP contribution is -2.03. The quantitative estimate of drug-likeness (QED) is 0.462. The Morgan fingerprint density at radius 1 is 1.47 bits per heavy atom. The van der Waals surface area contributed by atoms with Crippen molar-refractivity contribution in [2.75, 3.05) is 31.3 Å². The Kier molecular flexibility index (Phi) is 4.16. The van der Waals surface area contributed by atoms with Crippen LogP contribution in [0.5, 0.6) is 0 Å². The third-order valence-electron chi connectivity index (χ3n) is 2.11. The van der Waals surface area contributed by atoms with Crippen LogP contribution in [0.2, 0.25) is 0 Å². The Morgan fingerprint density at radius 3 is 3.12 bits per heavy atom. The molecule has 17 heavy (non-hydrogen) atoms. The van der Waals surface area contributed by atoms with Gasteiger partial charge in [-0.2, -0.15) is 4.98 Å². The number of imidazole rings is 1. The Bertz CT molecular complexity index is 487. The summed E-state index contributed by atoms with van der Waals surface area (Å²) in [7, 11) is 1.69. The Labute approximate surface area is 104 Å². The fourth-order valence-electron chi connectivity index (χ4n) is 1.37. The number of aromatic nitrogens is 4. The van der Waals surface area contributed by atoms with Gasteiger partial charge in [-0.25, -0.2) is 9.97 Å². The molecule has 0 aliphatic carbocycles. The van der Waals surface area contributed by atoms with Gasteiger partial charge in [0.2, 0.25) is 5.95 Å². The van der Waals surface area contributed by atoms with E-state index >= 15 is 0 Å². The largest absolute Gasteiger partial charge is 0.384 e. The fourth-order valence-corrected chi connectivity index (χ4v) is 2.26. The summed E-state index contributed by atoms with van der Waals surface area (Å²) >= 11 is 1.63. The van der Waals surface area contributed by atoms with E-state index in [2.05, 4.69) is 25.3 Å². The molecule has 0 aromatic carbocycles. The summed E-state index contributed by atoms with van der Waals surface area (Å²) in [5.41, 5.74) is 1.57. The molecule has 2 heterocycles. The molecule has 92 valence electrons. The van der Waals surface area contributed by atoms with Gasteiger partial charge in [0, 0.05) is 19.4 Å². The molecular formula is C10H15N5OS. The highest BCUT2D eigenvalue weighted by molar-refractivity contribution is 7.99. The normalized spacial score (nSPS) is 10.9. The van der Waals surface area contributed by atoms with Crippen LogP contribution in [0.1, 0.15) is 6.92 Å². The first kappa shape index (κ1) is 12.1. The summed E-state index contributed by atoms with van der Waals surface area (Å²) < 4.78 is 5.03. The lowest BCUT2D eigenvalue weighted by molar-refractivity contribution is 0.218. The van der Waals surface area contributed by atoms with E-state index in [0.717, 1.165) is 22.8 Å². The molecule has 2 aromatic heterocycles. The summed E-state index contributed by atoms with van der Waals surface area (Å²) in [5, 5.41) is 4.00. The van der Waals surface area contributed by atoms with Gasteiger partial charge in [0.15, 0.2) is 5.65 Å². The van der Waals surface area contributed by atoms with Gasteiger partial charge in [-0.15, -0.1) is 11.8 Å². The fraction of sp³-hybridized carbons (Fsp3) is 0.500. The molecule has 0 aliphatic heterocycles. The zero-order chi connectivity index (χ0) is 12.1. The van der Waals surface area contributed by atoms with Crippen molar-refractivity contribution in [2.24, 2.45) is 0 Å². The van der Waals surface area contributed by atoms with Crippen LogP contribution >= 0.6 is 11.8 Å². The summed E-state index contributed by atoms with van der Waals surface area (Å²) in [6, 6.07) is 0. The molecule has 0 saturated carbocycles. The number of anilines is 1. The number of methoxy groups -OCH3 is 1. The van der Waals surface area contributed by atoms with E-state index in [1.165, 1.54) is 0 Å². The monoisotopic (exact) mass is 253 g/mol. The van der Waals surface area contributed by atoms with Crippen LogP contribution in [-0.4, -0.2) is 46.0 Å². The van der Waals surface area contributed by atoms with E-state index in [0.29, 0.717) is 18.2 Å². The summed E-state index contributed by atoms with van der Waals surface area (Å²) in [5.74, 6) is 1.47. The van der Waals surface area contributed by atoms with Crippen molar-refractivity contribution in [3.63, 3.8) is 0 Å². The van der Waals surface area contributed by atoms with Crippen molar-refractivity contribution >= 4 is 28.9 Å².